The van der Waals surface area contributed by atoms with Crippen molar-refractivity contribution in [1.29, 1.82) is 0 Å². The molecule has 0 aliphatic carbocycles. The Morgan fingerprint density at radius 2 is 1.56 bits per heavy atom. The van der Waals surface area contributed by atoms with Gasteiger partial charge in [-0.25, -0.2) is 17.5 Å². The summed E-state index contributed by atoms with van der Waals surface area (Å²) >= 11 is 5.96. The molecule has 3 amide bonds. The van der Waals surface area contributed by atoms with Crippen LogP contribution in [0.4, 0.5) is 4.79 Å². The van der Waals surface area contributed by atoms with Gasteiger partial charge in [0, 0.05) is 31.2 Å². The van der Waals surface area contributed by atoms with Crippen molar-refractivity contribution in [3.63, 3.8) is 0 Å². The van der Waals surface area contributed by atoms with E-state index in [0.29, 0.717) is 10.6 Å². The Bertz CT molecular complexity index is 1250. The summed E-state index contributed by atoms with van der Waals surface area (Å²) in [4.78, 5) is 29.1. The van der Waals surface area contributed by atoms with Crippen LogP contribution in [0, 0.1) is 6.92 Å². The fraction of sp³-hybridized carbons (Fsp3) is 0.250. The predicted molar refractivity (Wildman–Crippen MR) is 127 cm³/mol. The molecule has 2 aromatic carbocycles. The third-order valence-electron chi connectivity index (χ3n) is 5.63. The SMILES string of the molecule is Cc1ccc(S(=O)(=O)N(Cc2ccc(Cl)cc2)C(=O)N2CCN(C(=O)c3ccco3)CC2)cc1. The number of sulfonamides is 1. The first kappa shape index (κ1) is 23.8. The van der Waals surface area contributed by atoms with Crippen LogP contribution < -0.4 is 0 Å². The van der Waals surface area contributed by atoms with Crippen LogP contribution in [-0.4, -0.2) is 60.6 Å². The molecule has 0 atom stereocenters. The van der Waals surface area contributed by atoms with Gasteiger partial charge in [-0.3, -0.25) is 4.79 Å². The molecule has 0 N–H and O–H groups in total. The second-order valence-electron chi connectivity index (χ2n) is 7.99. The molecule has 2 heterocycles. The number of carbonyl (C=O) groups excluding carboxylic acids is 2. The quantitative estimate of drug-likeness (QED) is 0.526. The third kappa shape index (κ3) is 5.10. The second-order valence-corrected chi connectivity index (χ2v) is 10.3. The monoisotopic (exact) mass is 501 g/mol. The first-order valence-electron chi connectivity index (χ1n) is 10.7. The zero-order chi connectivity index (χ0) is 24.3. The summed E-state index contributed by atoms with van der Waals surface area (Å²) in [6.45, 7) is 2.65. The number of nitrogens with zero attached hydrogens (tertiary/aromatic N) is 3. The molecule has 10 heteroatoms. The van der Waals surface area contributed by atoms with Gasteiger partial charge in [-0.05, 0) is 48.9 Å². The van der Waals surface area contributed by atoms with Crippen molar-refractivity contribution >= 4 is 33.6 Å². The molecule has 34 heavy (non-hydrogen) atoms. The summed E-state index contributed by atoms with van der Waals surface area (Å²) in [5, 5.41) is 0.514. The lowest BCUT2D eigenvalue weighted by atomic mass is 10.2. The number of aryl methyl sites for hydroxylation is 1. The smallest absolute Gasteiger partial charge is 0.334 e. The molecule has 178 valence electrons. The molecule has 0 radical (unpaired) electrons. The van der Waals surface area contributed by atoms with Gasteiger partial charge in [0.2, 0.25) is 0 Å². The minimum absolute atomic E-state index is 0.0343. The first-order valence-corrected chi connectivity index (χ1v) is 12.5. The molecule has 0 saturated carbocycles. The maximum absolute atomic E-state index is 13.5. The number of carbonyl (C=O) groups is 2. The van der Waals surface area contributed by atoms with Gasteiger partial charge in [0.1, 0.15) is 0 Å². The van der Waals surface area contributed by atoms with Crippen LogP contribution in [0.2, 0.25) is 5.02 Å². The Hall–Kier alpha value is -3.30. The molecule has 1 aliphatic rings. The van der Waals surface area contributed by atoms with Crippen molar-refractivity contribution in [1.82, 2.24) is 14.1 Å². The van der Waals surface area contributed by atoms with Crippen LogP contribution in [0.5, 0.6) is 0 Å². The first-order chi connectivity index (χ1) is 16.3. The lowest BCUT2D eigenvalue weighted by molar-refractivity contribution is 0.0623. The fourth-order valence-corrected chi connectivity index (χ4v) is 5.16. The van der Waals surface area contributed by atoms with E-state index in [1.165, 1.54) is 23.3 Å². The fourth-order valence-electron chi connectivity index (χ4n) is 3.66. The molecule has 1 saturated heterocycles. The minimum atomic E-state index is -4.13. The third-order valence-corrected chi connectivity index (χ3v) is 7.62. The van der Waals surface area contributed by atoms with Gasteiger partial charge in [-0.15, -0.1) is 0 Å². The molecular formula is C24H24ClN3O5S. The number of hydrogen-bond donors (Lipinski definition) is 0. The van der Waals surface area contributed by atoms with E-state index in [1.807, 2.05) is 6.92 Å². The van der Waals surface area contributed by atoms with Crippen LogP contribution in [0.25, 0.3) is 0 Å². The van der Waals surface area contributed by atoms with Crippen molar-refractivity contribution in [3.05, 3.63) is 88.8 Å². The number of benzene rings is 2. The van der Waals surface area contributed by atoms with Crippen molar-refractivity contribution in [3.8, 4) is 0 Å². The van der Waals surface area contributed by atoms with Gasteiger partial charge in [0.15, 0.2) is 5.76 Å². The number of piperazine rings is 1. The van der Waals surface area contributed by atoms with E-state index >= 15 is 0 Å². The van der Waals surface area contributed by atoms with Gasteiger partial charge in [0.05, 0.1) is 17.7 Å². The lowest BCUT2D eigenvalue weighted by Gasteiger charge is -2.37. The Morgan fingerprint density at radius 1 is 0.941 bits per heavy atom. The molecule has 0 bridgehead atoms. The van der Waals surface area contributed by atoms with E-state index in [-0.39, 0.29) is 49.3 Å². The van der Waals surface area contributed by atoms with E-state index in [2.05, 4.69) is 0 Å². The van der Waals surface area contributed by atoms with Crippen molar-refractivity contribution in [2.45, 2.75) is 18.4 Å². The van der Waals surface area contributed by atoms with Gasteiger partial charge in [0.25, 0.3) is 15.9 Å². The maximum atomic E-state index is 13.5. The Labute approximate surface area is 203 Å². The zero-order valence-electron chi connectivity index (χ0n) is 18.6. The predicted octanol–water partition coefficient (Wildman–Crippen LogP) is 4.01. The highest BCUT2D eigenvalue weighted by Gasteiger charge is 2.35. The van der Waals surface area contributed by atoms with Crippen LogP contribution in [0.15, 0.2) is 76.2 Å². The maximum Gasteiger partial charge on any atom is 0.334 e. The second kappa shape index (κ2) is 9.90. The van der Waals surface area contributed by atoms with Crippen molar-refractivity contribution < 1.29 is 22.4 Å². The molecule has 3 aromatic rings. The number of furan rings is 1. The largest absolute Gasteiger partial charge is 0.459 e. The van der Waals surface area contributed by atoms with Gasteiger partial charge < -0.3 is 14.2 Å². The standard InChI is InChI=1S/C24H24ClN3O5S/c1-18-4-10-21(11-5-18)34(31,32)28(17-19-6-8-20(25)9-7-19)24(30)27-14-12-26(13-15-27)23(29)22-3-2-16-33-22/h2-11,16H,12-15,17H2,1H3. The van der Waals surface area contributed by atoms with Gasteiger partial charge in [-0.1, -0.05) is 41.4 Å². The molecule has 4 rings (SSSR count). The topological polar surface area (TPSA) is 91.1 Å². The Balaban J connectivity index is 1.56. The highest BCUT2D eigenvalue weighted by molar-refractivity contribution is 7.89. The van der Waals surface area contributed by atoms with Gasteiger partial charge >= 0.3 is 6.03 Å². The lowest BCUT2D eigenvalue weighted by Crippen LogP contribution is -2.54. The van der Waals surface area contributed by atoms with Crippen LogP contribution in [0.1, 0.15) is 21.7 Å². The highest BCUT2D eigenvalue weighted by atomic mass is 35.5. The zero-order valence-corrected chi connectivity index (χ0v) is 20.1. The van der Waals surface area contributed by atoms with Crippen molar-refractivity contribution in [2.75, 3.05) is 26.2 Å². The van der Waals surface area contributed by atoms with Crippen molar-refractivity contribution in [2.24, 2.45) is 0 Å². The molecule has 0 spiro atoms. The molecule has 8 nitrogen and oxygen atoms in total. The molecule has 1 aliphatic heterocycles. The molecule has 0 unspecified atom stereocenters. The van der Waals surface area contributed by atoms with E-state index in [4.69, 9.17) is 16.0 Å². The summed E-state index contributed by atoms with van der Waals surface area (Å²) in [7, 11) is -4.13. The molecule has 1 aromatic heterocycles. The molecule has 1 fully saturated rings. The number of urea groups is 1. The average molecular weight is 502 g/mol. The number of rotatable bonds is 5. The molecular weight excluding hydrogens is 478 g/mol. The van der Waals surface area contributed by atoms with Crippen LogP contribution in [-0.2, 0) is 16.6 Å². The summed E-state index contributed by atoms with van der Waals surface area (Å²) in [6, 6.07) is 15.6. The van der Waals surface area contributed by atoms with Crippen LogP contribution in [0.3, 0.4) is 0 Å². The van der Waals surface area contributed by atoms with E-state index in [0.717, 1.165) is 9.87 Å². The van der Waals surface area contributed by atoms with E-state index < -0.39 is 16.1 Å². The Kier molecular flexibility index (Phi) is 6.95. The number of halogens is 1. The number of hydrogen-bond acceptors (Lipinski definition) is 5. The van der Waals surface area contributed by atoms with E-state index in [1.54, 1.807) is 53.4 Å². The highest BCUT2D eigenvalue weighted by Crippen LogP contribution is 2.23. The Morgan fingerprint density at radius 3 is 2.15 bits per heavy atom. The summed E-state index contributed by atoms with van der Waals surface area (Å²) < 4.78 is 33.1. The van der Waals surface area contributed by atoms with Crippen LogP contribution >= 0.6 is 11.6 Å². The average Bonchev–Trinajstić information content (AvgIpc) is 3.38. The summed E-state index contributed by atoms with van der Waals surface area (Å²) in [6.07, 6.45) is 1.43. The summed E-state index contributed by atoms with van der Waals surface area (Å²) in [5.74, 6) is -0.0338. The number of amides is 3. The summed E-state index contributed by atoms with van der Waals surface area (Å²) in [5.41, 5.74) is 1.53. The van der Waals surface area contributed by atoms with Gasteiger partial charge in [-0.2, -0.15) is 0 Å². The normalized spacial score (nSPS) is 14.2. The minimum Gasteiger partial charge on any atom is -0.459 e. The van der Waals surface area contributed by atoms with E-state index in [9.17, 15) is 18.0 Å².